The van der Waals surface area contributed by atoms with Gasteiger partial charge in [-0.2, -0.15) is 5.10 Å². The van der Waals surface area contributed by atoms with E-state index in [1.807, 2.05) is 0 Å². The van der Waals surface area contributed by atoms with E-state index in [4.69, 9.17) is 12.2 Å². The van der Waals surface area contributed by atoms with Gasteiger partial charge in [-0.25, -0.2) is 0 Å². The van der Waals surface area contributed by atoms with E-state index in [-0.39, 0.29) is 0 Å². The van der Waals surface area contributed by atoms with Gasteiger partial charge in [0.25, 0.3) is 0 Å². The molecule has 3 nitrogen and oxygen atoms in total. The number of nitrogens with zero attached hydrogens (tertiary/aromatic N) is 2. The van der Waals surface area contributed by atoms with Gasteiger partial charge in [0.05, 0.1) is 0 Å². The van der Waals surface area contributed by atoms with Crippen molar-refractivity contribution in [3.05, 3.63) is 10.6 Å². The van der Waals surface area contributed by atoms with Crippen molar-refractivity contribution >= 4 is 12.2 Å². The molecule has 1 aliphatic carbocycles. The summed E-state index contributed by atoms with van der Waals surface area (Å²) in [5.74, 6) is 1.88. The number of hydrogen-bond acceptors (Lipinski definition) is 2. The molecule has 1 aromatic heterocycles. The Balaban J connectivity index is 1.94. The lowest BCUT2D eigenvalue weighted by atomic mass is 10.2. The topological polar surface area (TPSA) is 33.6 Å². The van der Waals surface area contributed by atoms with Crippen LogP contribution in [-0.2, 0) is 6.54 Å². The van der Waals surface area contributed by atoms with Gasteiger partial charge in [-0.15, -0.1) is 0 Å². The molecule has 1 fully saturated rings. The van der Waals surface area contributed by atoms with Crippen LogP contribution >= 0.6 is 12.2 Å². The number of H-pyrrole nitrogens is 1. The fraction of sp³-hybridized carbons (Fsp3) is 0.818. The van der Waals surface area contributed by atoms with Gasteiger partial charge in [0, 0.05) is 12.5 Å². The van der Waals surface area contributed by atoms with Crippen LogP contribution in [0.4, 0.5) is 0 Å². The molecule has 0 aromatic carbocycles. The van der Waals surface area contributed by atoms with Crippen molar-refractivity contribution in [3.63, 3.8) is 0 Å². The molecule has 1 saturated carbocycles. The van der Waals surface area contributed by atoms with Crippen molar-refractivity contribution in [1.82, 2.24) is 14.8 Å². The molecule has 1 aliphatic rings. The molecular formula is C11H19N3S. The zero-order valence-electron chi connectivity index (χ0n) is 9.33. The highest BCUT2D eigenvalue weighted by atomic mass is 32.1. The van der Waals surface area contributed by atoms with Crippen LogP contribution in [-0.4, -0.2) is 14.8 Å². The van der Waals surface area contributed by atoms with E-state index in [1.165, 1.54) is 44.3 Å². The first-order valence-corrected chi connectivity index (χ1v) is 6.39. The van der Waals surface area contributed by atoms with Gasteiger partial charge < -0.3 is 4.57 Å². The van der Waals surface area contributed by atoms with E-state index in [9.17, 15) is 0 Å². The van der Waals surface area contributed by atoms with Gasteiger partial charge in [-0.3, -0.25) is 5.10 Å². The standard InChI is InChI=1S/C11H19N3S/c1-2-3-4-5-8-14-10(9-6-7-9)12-13-11(14)15/h9H,2-8H2,1H3,(H,13,15). The minimum absolute atomic E-state index is 0.684. The zero-order chi connectivity index (χ0) is 10.7. The van der Waals surface area contributed by atoms with Crippen LogP contribution in [0.3, 0.4) is 0 Å². The van der Waals surface area contributed by atoms with Gasteiger partial charge >= 0.3 is 0 Å². The molecule has 0 saturated heterocycles. The number of nitrogens with one attached hydrogen (secondary N) is 1. The number of hydrogen-bond donors (Lipinski definition) is 1. The summed E-state index contributed by atoms with van der Waals surface area (Å²) >= 11 is 5.24. The maximum atomic E-state index is 5.24. The molecular weight excluding hydrogens is 206 g/mol. The largest absolute Gasteiger partial charge is 0.304 e. The highest BCUT2D eigenvalue weighted by molar-refractivity contribution is 7.71. The highest BCUT2D eigenvalue weighted by Gasteiger charge is 2.28. The van der Waals surface area contributed by atoms with Crippen LogP contribution < -0.4 is 0 Å². The maximum Gasteiger partial charge on any atom is 0.195 e. The number of aromatic amines is 1. The van der Waals surface area contributed by atoms with E-state index < -0.39 is 0 Å². The van der Waals surface area contributed by atoms with Gasteiger partial charge in [-0.1, -0.05) is 26.2 Å². The molecule has 0 bridgehead atoms. The monoisotopic (exact) mass is 225 g/mol. The highest BCUT2D eigenvalue weighted by Crippen LogP contribution is 2.38. The van der Waals surface area contributed by atoms with Crippen LogP contribution in [0, 0.1) is 4.77 Å². The van der Waals surface area contributed by atoms with Crippen molar-refractivity contribution in [2.45, 2.75) is 57.9 Å². The van der Waals surface area contributed by atoms with Crippen molar-refractivity contribution in [1.29, 1.82) is 0 Å². The summed E-state index contributed by atoms with van der Waals surface area (Å²) in [4.78, 5) is 0. The maximum absolute atomic E-state index is 5.24. The fourth-order valence-corrected chi connectivity index (χ4v) is 2.13. The molecule has 0 aliphatic heterocycles. The van der Waals surface area contributed by atoms with E-state index in [1.54, 1.807) is 0 Å². The smallest absolute Gasteiger partial charge is 0.195 e. The molecule has 1 heterocycles. The summed E-state index contributed by atoms with van der Waals surface area (Å²) in [5, 5.41) is 7.24. The van der Waals surface area contributed by atoms with Crippen molar-refractivity contribution in [2.75, 3.05) is 0 Å². The molecule has 0 spiro atoms. The van der Waals surface area contributed by atoms with Gasteiger partial charge in [0.1, 0.15) is 5.82 Å². The second kappa shape index (κ2) is 4.92. The molecule has 1 aromatic rings. The third kappa shape index (κ3) is 2.68. The first kappa shape index (κ1) is 10.9. The van der Waals surface area contributed by atoms with Crippen LogP contribution in [0.25, 0.3) is 0 Å². The van der Waals surface area contributed by atoms with E-state index >= 15 is 0 Å². The van der Waals surface area contributed by atoms with E-state index in [0.29, 0.717) is 5.92 Å². The molecule has 84 valence electrons. The predicted octanol–water partition coefficient (Wildman–Crippen LogP) is 3.40. The fourth-order valence-electron chi connectivity index (χ4n) is 1.90. The molecule has 2 rings (SSSR count). The molecule has 4 heteroatoms. The first-order valence-electron chi connectivity index (χ1n) is 5.98. The molecule has 1 N–H and O–H groups in total. The van der Waals surface area contributed by atoms with Crippen LogP contribution in [0.2, 0.25) is 0 Å². The number of unbranched alkanes of at least 4 members (excludes halogenated alkanes) is 3. The summed E-state index contributed by atoms with van der Waals surface area (Å²) in [5.41, 5.74) is 0. The Morgan fingerprint density at radius 2 is 2.20 bits per heavy atom. The summed E-state index contributed by atoms with van der Waals surface area (Å²) in [7, 11) is 0. The van der Waals surface area contributed by atoms with Crippen molar-refractivity contribution < 1.29 is 0 Å². The molecule has 0 atom stereocenters. The Hall–Kier alpha value is -0.640. The third-order valence-corrected chi connectivity index (χ3v) is 3.28. The van der Waals surface area contributed by atoms with Gasteiger partial charge in [0.15, 0.2) is 4.77 Å². The molecule has 15 heavy (non-hydrogen) atoms. The quantitative estimate of drug-likeness (QED) is 0.594. The SMILES string of the molecule is CCCCCCn1c(C2CC2)n[nH]c1=S. The van der Waals surface area contributed by atoms with Crippen LogP contribution in [0.15, 0.2) is 0 Å². The summed E-state index contributed by atoms with van der Waals surface area (Å²) < 4.78 is 3.00. The van der Waals surface area contributed by atoms with Gasteiger partial charge in [0.2, 0.25) is 0 Å². The summed E-state index contributed by atoms with van der Waals surface area (Å²) in [6, 6.07) is 0. The lowest BCUT2D eigenvalue weighted by molar-refractivity contribution is 0.561. The lowest BCUT2D eigenvalue weighted by Gasteiger charge is -2.05. The normalized spacial score (nSPS) is 15.8. The number of aromatic nitrogens is 3. The molecule has 0 unspecified atom stereocenters. The molecule has 0 radical (unpaired) electrons. The zero-order valence-corrected chi connectivity index (χ0v) is 10.1. The first-order chi connectivity index (χ1) is 7.33. The average molecular weight is 225 g/mol. The average Bonchev–Trinajstić information content (AvgIpc) is 3.00. The second-order valence-corrected chi connectivity index (χ2v) is 4.76. The third-order valence-electron chi connectivity index (χ3n) is 2.97. The summed E-state index contributed by atoms with van der Waals surface area (Å²) in [6.45, 7) is 3.28. The lowest BCUT2D eigenvalue weighted by Crippen LogP contribution is -2.03. The van der Waals surface area contributed by atoms with Gasteiger partial charge in [-0.05, 0) is 31.5 Å². The Labute approximate surface area is 95.9 Å². The van der Waals surface area contributed by atoms with Crippen LogP contribution in [0.5, 0.6) is 0 Å². The van der Waals surface area contributed by atoms with Crippen LogP contribution in [0.1, 0.15) is 57.2 Å². The Morgan fingerprint density at radius 1 is 1.40 bits per heavy atom. The molecule has 0 amide bonds. The second-order valence-electron chi connectivity index (χ2n) is 4.37. The van der Waals surface area contributed by atoms with E-state index in [0.717, 1.165) is 11.3 Å². The number of rotatable bonds is 6. The minimum atomic E-state index is 0.684. The predicted molar refractivity (Wildman–Crippen MR) is 63.5 cm³/mol. The van der Waals surface area contributed by atoms with E-state index in [2.05, 4.69) is 21.7 Å². The van der Waals surface area contributed by atoms with Crippen molar-refractivity contribution in [2.24, 2.45) is 0 Å². The Kier molecular flexibility index (Phi) is 3.57. The Bertz CT molecular complexity index is 362. The van der Waals surface area contributed by atoms with Crippen molar-refractivity contribution in [3.8, 4) is 0 Å². The summed E-state index contributed by atoms with van der Waals surface area (Å²) in [6.07, 6.45) is 7.70. The minimum Gasteiger partial charge on any atom is -0.304 e. The Morgan fingerprint density at radius 3 is 2.87 bits per heavy atom.